The summed E-state index contributed by atoms with van der Waals surface area (Å²) in [6, 6.07) is 7.32. The highest BCUT2D eigenvalue weighted by atomic mass is 32.1. The molecule has 0 saturated heterocycles. The molecule has 2 rings (SSSR count). The molecule has 1 aromatic heterocycles. The average Bonchev–Trinajstić information content (AvgIpc) is 2.45. The van der Waals surface area contributed by atoms with Crippen molar-refractivity contribution in [2.45, 2.75) is 11.6 Å². The maximum Gasteiger partial charge on any atom is 0.221 e. The van der Waals surface area contributed by atoms with Crippen LogP contribution in [-0.4, -0.2) is 24.2 Å². The van der Waals surface area contributed by atoms with Crippen molar-refractivity contribution < 1.29 is 9.47 Å². The lowest BCUT2D eigenvalue weighted by Crippen LogP contribution is -2.05. The van der Waals surface area contributed by atoms with Gasteiger partial charge in [0.1, 0.15) is 11.5 Å². The molecule has 0 atom stereocenters. The Morgan fingerprint density at radius 2 is 2.05 bits per heavy atom. The Balaban J connectivity index is 2.11. The molecule has 19 heavy (non-hydrogen) atoms. The third kappa shape index (κ3) is 3.45. The van der Waals surface area contributed by atoms with Gasteiger partial charge in [0.2, 0.25) is 5.95 Å². The molecule has 0 saturated carbocycles. The summed E-state index contributed by atoms with van der Waals surface area (Å²) in [6.07, 6.45) is 1.63. The second-order valence-corrected chi connectivity index (χ2v) is 4.17. The van der Waals surface area contributed by atoms with Gasteiger partial charge < -0.3 is 27.4 Å². The Kier molecular flexibility index (Phi) is 4.35. The Morgan fingerprint density at radius 3 is 2.74 bits per heavy atom. The van der Waals surface area contributed by atoms with Gasteiger partial charge in [0.25, 0.3) is 0 Å². The molecule has 0 aliphatic carbocycles. The maximum atomic E-state index is 5.32. The molecule has 0 amide bonds. The standard InChI is InChI=1S/C13H15N3O2S/c1-17-10-4-3-9(11(7-10)18-2)8-15-13-14-6-5-12(19)16-13/h3-7H,8H2,1-2H3,(H2,14,15,16,19)/p-1. The fourth-order valence-corrected chi connectivity index (χ4v) is 1.75. The van der Waals surface area contributed by atoms with Crippen LogP contribution in [0.2, 0.25) is 0 Å². The van der Waals surface area contributed by atoms with Gasteiger partial charge in [0, 0.05) is 24.4 Å². The molecule has 0 bridgehead atoms. The number of ether oxygens (including phenoxy) is 2. The smallest absolute Gasteiger partial charge is 0.221 e. The summed E-state index contributed by atoms with van der Waals surface area (Å²) < 4.78 is 10.5. The first-order valence-corrected chi connectivity index (χ1v) is 6.08. The summed E-state index contributed by atoms with van der Waals surface area (Å²) in [5.74, 6) is 2.01. The quantitative estimate of drug-likeness (QED) is 0.666. The highest BCUT2D eigenvalue weighted by molar-refractivity contribution is 7.58. The van der Waals surface area contributed by atoms with E-state index in [0.717, 1.165) is 17.1 Å². The molecular formula is C13H14N3O2S-. The number of anilines is 1. The van der Waals surface area contributed by atoms with Crippen LogP contribution in [0.3, 0.4) is 0 Å². The van der Waals surface area contributed by atoms with Crippen LogP contribution in [0.4, 0.5) is 5.95 Å². The molecular weight excluding hydrogens is 262 g/mol. The van der Waals surface area contributed by atoms with Gasteiger partial charge >= 0.3 is 0 Å². The molecule has 2 aromatic rings. The van der Waals surface area contributed by atoms with E-state index in [1.54, 1.807) is 26.5 Å². The van der Waals surface area contributed by atoms with E-state index in [1.165, 1.54) is 0 Å². The zero-order valence-electron chi connectivity index (χ0n) is 10.7. The SMILES string of the molecule is COc1ccc(CNc2nccc([S-])n2)c(OC)c1. The van der Waals surface area contributed by atoms with Crippen molar-refractivity contribution in [1.29, 1.82) is 0 Å². The van der Waals surface area contributed by atoms with Crippen LogP contribution in [0.1, 0.15) is 5.56 Å². The van der Waals surface area contributed by atoms with Crippen LogP contribution < -0.4 is 14.8 Å². The Hall–Kier alpha value is -2.08. The van der Waals surface area contributed by atoms with Crippen molar-refractivity contribution >= 4 is 18.6 Å². The minimum absolute atomic E-state index is 0.505. The highest BCUT2D eigenvalue weighted by Crippen LogP contribution is 2.24. The number of nitrogens with one attached hydrogen (secondary N) is 1. The maximum absolute atomic E-state index is 5.32. The van der Waals surface area contributed by atoms with E-state index in [9.17, 15) is 0 Å². The van der Waals surface area contributed by atoms with E-state index in [2.05, 4.69) is 15.3 Å². The van der Waals surface area contributed by atoms with Gasteiger partial charge in [-0.15, -0.1) is 0 Å². The topological polar surface area (TPSA) is 56.3 Å². The molecule has 1 N–H and O–H groups in total. The minimum Gasteiger partial charge on any atom is -0.760 e. The first-order chi connectivity index (χ1) is 9.22. The van der Waals surface area contributed by atoms with Crippen LogP contribution in [0.5, 0.6) is 11.5 Å². The van der Waals surface area contributed by atoms with E-state index in [4.69, 9.17) is 22.1 Å². The predicted octanol–water partition coefficient (Wildman–Crippen LogP) is 2.01. The van der Waals surface area contributed by atoms with Crippen molar-refractivity contribution in [3.8, 4) is 11.5 Å². The molecule has 0 spiro atoms. The molecule has 0 radical (unpaired) electrons. The molecule has 1 heterocycles. The summed E-state index contributed by atoms with van der Waals surface area (Å²) >= 11 is 4.98. The number of hydrogen-bond acceptors (Lipinski definition) is 6. The van der Waals surface area contributed by atoms with Crippen LogP contribution in [0.25, 0.3) is 0 Å². The number of rotatable bonds is 5. The monoisotopic (exact) mass is 276 g/mol. The summed E-state index contributed by atoms with van der Waals surface area (Å²) in [5, 5.41) is 3.62. The lowest BCUT2D eigenvalue weighted by atomic mass is 10.2. The van der Waals surface area contributed by atoms with Gasteiger partial charge in [0.05, 0.1) is 14.2 Å². The average molecular weight is 276 g/mol. The van der Waals surface area contributed by atoms with Crippen LogP contribution >= 0.6 is 0 Å². The second kappa shape index (κ2) is 6.19. The van der Waals surface area contributed by atoms with Crippen LogP contribution in [0, 0.1) is 0 Å². The second-order valence-electron chi connectivity index (χ2n) is 3.75. The zero-order chi connectivity index (χ0) is 13.7. The molecule has 1 aromatic carbocycles. The van der Waals surface area contributed by atoms with Crippen LogP contribution in [-0.2, 0) is 19.2 Å². The number of hydrogen-bond donors (Lipinski definition) is 1. The first kappa shape index (κ1) is 13.4. The molecule has 0 aliphatic heterocycles. The Morgan fingerprint density at radius 1 is 1.21 bits per heavy atom. The van der Waals surface area contributed by atoms with Crippen molar-refractivity contribution in [2.24, 2.45) is 0 Å². The summed E-state index contributed by atoms with van der Waals surface area (Å²) in [6.45, 7) is 0.548. The van der Waals surface area contributed by atoms with Gasteiger partial charge in [-0.1, -0.05) is 5.03 Å². The summed E-state index contributed by atoms with van der Waals surface area (Å²) in [7, 11) is 3.24. The predicted molar refractivity (Wildman–Crippen MR) is 74.5 cm³/mol. The fraction of sp³-hybridized carbons (Fsp3) is 0.231. The lowest BCUT2D eigenvalue weighted by Gasteiger charge is -2.12. The molecule has 0 aliphatic rings. The normalized spacial score (nSPS) is 10.0. The number of nitrogens with zero attached hydrogens (tertiary/aromatic N) is 2. The molecule has 100 valence electrons. The van der Waals surface area contributed by atoms with E-state index < -0.39 is 0 Å². The van der Waals surface area contributed by atoms with Gasteiger partial charge in [-0.2, -0.15) is 0 Å². The lowest BCUT2D eigenvalue weighted by molar-refractivity contribution is 0.391. The van der Waals surface area contributed by atoms with E-state index in [1.807, 2.05) is 18.2 Å². The molecule has 0 unspecified atom stereocenters. The Bertz CT molecular complexity index is 563. The van der Waals surface area contributed by atoms with Crippen molar-refractivity contribution in [3.63, 3.8) is 0 Å². The van der Waals surface area contributed by atoms with Gasteiger partial charge in [0.15, 0.2) is 0 Å². The van der Waals surface area contributed by atoms with Crippen molar-refractivity contribution in [2.75, 3.05) is 19.5 Å². The van der Waals surface area contributed by atoms with E-state index in [-0.39, 0.29) is 0 Å². The third-order valence-electron chi connectivity index (χ3n) is 2.56. The Labute approximate surface area is 117 Å². The van der Waals surface area contributed by atoms with Crippen molar-refractivity contribution in [1.82, 2.24) is 9.97 Å². The summed E-state index contributed by atoms with van der Waals surface area (Å²) in [5.41, 5.74) is 0.988. The van der Waals surface area contributed by atoms with Gasteiger partial charge in [-0.25, -0.2) is 9.97 Å². The first-order valence-electron chi connectivity index (χ1n) is 5.68. The zero-order valence-corrected chi connectivity index (χ0v) is 11.5. The molecule has 6 heteroatoms. The fourth-order valence-electron chi connectivity index (χ4n) is 1.60. The number of aromatic nitrogens is 2. The molecule has 5 nitrogen and oxygen atoms in total. The van der Waals surface area contributed by atoms with E-state index in [0.29, 0.717) is 17.5 Å². The third-order valence-corrected chi connectivity index (χ3v) is 2.79. The summed E-state index contributed by atoms with van der Waals surface area (Å²) in [4.78, 5) is 8.19. The minimum atomic E-state index is 0.505. The van der Waals surface area contributed by atoms with Gasteiger partial charge in [-0.05, 0) is 18.2 Å². The largest absolute Gasteiger partial charge is 0.760 e. The highest BCUT2D eigenvalue weighted by Gasteiger charge is 2.05. The molecule has 0 fully saturated rings. The van der Waals surface area contributed by atoms with Crippen molar-refractivity contribution in [3.05, 3.63) is 36.0 Å². The van der Waals surface area contributed by atoms with Crippen LogP contribution in [0.15, 0.2) is 35.5 Å². The van der Waals surface area contributed by atoms with E-state index >= 15 is 0 Å². The number of methoxy groups -OCH3 is 2. The number of benzene rings is 1. The van der Waals surface area contributed by atoms with Gasteiger partial charge in [-0.3, -0.25) is 0 Å².